The van der Waals surface area contributed by atoms with Gasteiger partial charge < -0.3 is 10.1 Å². The molecule has 1 unspecified atom stereocenters. The third-order valence-corrected chi connectivity index (χ3v) is 8.60. The Morgan fingerprint density at radius 1 is 1.04 bits per heavy atom. The van der Waals surface area contributed by atoms with E-state index < -0.39 is 12.4 Å². The minimum atomic E-state index is -4.75. The Balaban J connectivity index is 1.26. The van der Waals surface area contributed by atoms with E-state index in [1.54, 1.807) is 0 Å². The summed E-state index contributed by atoms with van der Waals surface area (Å²) >= 11 is 1.44. The molecule has 0 spiro atoms. The van der Waals surface area contributed by atoms with Crippen LogP contribution in [0.4, 0.5) is 18.0 Å². The second-order valence-corrected chi connectivity index (χ2v) is 12.1. The molecule has 0 aliphatic rings. The highest BCUT2D eigenvalue weighted by Gasteiger charge is 2.31. The number of aromatic nitrogens is 4. The fraction of sp³-hybridized carbons (Fsp3) is 0.294. The van der Waals surface area contributed by atoms with E-state index in [1.807, 2.05) is 42.6 Å². The molecule has 2 amide bonds. The number of halogens is 3. The number of ether oxygens (including phenoxy) is 1. The highest BCUT2D eigenvalue weighted by atomic mass is 32.1. The molecule has 1 atom stereocenters. The fourth-order valence-corrected chi connectivity index (χ4v) is 6.30. The van der Waals surface area contributed by atoms with Crippen molar-refractivity contribution in [3.8, 4) is 28.5 Å². The number of urea groups is 1. The average molecular weight is 649 g/mol. The lowest BCUT2D eigenvalue weighted by Gasteiger charge is -2.18. The average Bonchev–Trinajstić information content (AvgIpc) is 3.64. The summed E-state index contributed by atoms with van der Waals surface area (Å²) in [6.45, 7) is 10.9. The van der Waals surface area contributed by atoms with Crippen molar-refractivity contribution in [2.24, 2.45) is 4.99 Å². The van der Waals surface area contributed by atoms with Gasteiger partial charge in [0, 0.05) is 29.1 Å². The number of amides is 2. The number of nitrogens with zero attached hydrogens (tertiary/aromatic N) is 5. The van der Waals surface area contributed by atoms with Gasteiger partial charge in [-0.25, -0.2) is 14.5 Å². The zero-order valence-corrected chi connectivity index (χ0v) is 27.0. The van der Waals surface area contributed by atoms with Crippen molar-refractivity contribution in [2.75, 3.05) is 6.54 Å². The Kier molecular flexibility index (Phi) is 9.76. The summed E-state index contributed by atoms with van der Waals surface area (Å²) in [6, 6.07) is 19.0. The van der Waals surface area contributed by atoms with Crippen molar-refractivity contribution in [1.29, 1.82) is 0 Å². The van der Waals surface area contributed by atoms with E-state index in [0.717, 1.165) is 28.9 Å². The molecular weight excluding hydrogens is 613 g/mol. The summed E-state index contributed by atoms with van der Waals surface area (Å²) in [7, 11) is 0. The van der Waals surface area contributed by atoms with Crippen LogP contribution in [-0.2, 0) is 0 Å². The number of benzene rings is 3. The van der Waals surface area contributed by atoms with Crippen molar-refractivity contribution in [3.05, 3.63) is 106 Å². The number of hydrogen-bond donors (Lipinski definition) is 1. The minimum Gasteiger partial charge on any atom is -0.406 e. The summed E-state index contributed by atoms with van der Waals surface area (Å²) in [5.41, 5.74) is 6.87. The smallest absolute Gasteiger partial charge is 0.406 e. The third kappa shape index (κ3) is 7.56. The van der Waals surface area contributed by atoms with Gasteiger partial charge in [-0.05, 0) is 73.2 Å². The summed E-state index contributed by atoms with van der Waals surface area (Å²) < 4.78 is 44.8. The van der Waals surface area contributed by atoms with Crippen LogP contribution >= 0.6 is 11.3 Å². The van der Waals surface area contributed by atoms with Gasteiger partial charge in [0.05, 0.1) is 11.4 Å². The lowest BCUT2D eigenvalue weighted by molar-refractivity contribution is -0.274. The number of alkyl halides is 3. The molecule has 0 aliphatic carbocycles. The Labute approximate surface area is 269 Å². The molecule has 0 radical (unpaired) electrons. The van der Waals surface area contributed by atoms with Crippen LogP contribution in [0.25, 0.3) is 22.8 Å². The molecule has 5 aromatic rings. The number of carbonyl (C=O) groups is 1. The summed E-state index contributed by atoms with van der Waals surface area (Å²) in [5.74, 6) is 0.541. The van der Waals surface area contributed by atoms with Crippen LogP contribution in [-0.4, -0.2) is 38.3 Å². The van der Waals surface area contributed by atoms with Crippen LogP contribution in [0.3, 0.4) is 0 Å². The molecular formula is C34H35F3N6O2S. The molecule has 0 bridgehead atoms. The Bertz CT molecular complexity index is 1870. The zero-order valence-electron chi connectivity index (χ0n) is 26.2. The van der Waals surface area contributed by atoms with E-state index in [4.69, 9.17) is 0 Å². The first-order chi connectivity index (χ1) is 21.9. The van der Waals surface area contributed by atoms with Gasteiger partial charge in [-0.15, -0.1) is 29.6 Å². The maximum atomic E-state index is 13.0. The van der Waals surface area contributed by atoms with Crippen molar-refractivity contribution >= 4 is 17.4 Å². The number of aryl methyl sites for hydroxylation is 2. The highest BCUT2D eigenvalue weighted by Crippen LogP contribution is 2.28. The fourth-order valence-electron chi connectivity index (χ4n) is 5.43. The van der Waals surface area contributed by atoms with Crippen LogP contribution in [0.2, 0.25) is 0 Å². The van der Waals surface area contributed by atoms with E-state index in [1.165, 1.54) is 57.7 Å². The molecule has 0 aliphatic heterocycles. The standard InChI is InChI=1S/C34H35F3N6O2S/c1-6-24(18-38-32(44)40-33-43(23(5)19-46-33)29-9-7-8-22(4)30(29)21(2)3)25-10-12-26(13-11-25)31-39-20-42(41-31)27-14-16-28(17-15-27)45-34(35,36)37/h7-17,19-21,24H,6,18H2,1-5H3,(H,38,44)/b40-33-. The third-order valence-electron chi connectivity index (χ3n) is 7.65. The second kappa shape index (κ2) is 13.7. The zero-order chi connectivity index (χ0) is 33.0. The van der Waals surface area contributed by atoms with E-state index in [0.29, 0.717) is 28.8 Å². The van der Waals surface area contributed by atoms with Crippen molar-refractivity contribution in [1.82, 2.24) is 24.6 Å². The van der Waals surface area contributed by atoms with Gasteiger partial charge in [0.15, 0.2) is 10.6 Å². The largest absolute Gasteiger partial charge is 0.573 e. The number of thiazole rings is 1. The lowest BCUT2D eigenvalue weighted by atomic mass is 9.95. The topological polar surface area (TPSA) is 86.3 Å². The second-order valence-electron chi connectivity index (χ2n) is 11.2. The van der Waals surface area contributed by atoms with E-state index in [-0.39, 0.29) is 11.7 Å². The number of hydrogen-bond acceptors (Lipinski definition) is 5. The molecule has 12 heteroatoms. The van der Waals surface area contributed by atoms with Crippen LogP contribution in [0.1, 0.15) is 61.4 Å². The maximum Gasteiger partial charge on any atom is 0.573 e. The summed E-state index contributed by atoms with van der Waals surface area (Å²) in [5, 5.41) is 9.47. The Hall–Kier alpha value is -4.71. The molecule has 1 N–H and O–H groups in total. The summed E-state index contributed by atoms with van der Waals surface area (Å²) in [4.78, 5) is 22.4. The molecule has 2 aromatic heterocycles. The predicted octanol–water partition coefficient (Wildman–Crippen LogP) is 8.23. The van der Waals surface area contributed by atoms with Gasteiger partial charge in [-0.2, -0.15) is 4.99 Å². The molecule has 3 aromatic carbocycles. The molecule has 2 heterocycles. The normalized spacial score (nSPS) is 12.8. The molecule has 5 rings (SSSR count). The number of carbonyl (C=O) groups excluding carboxylic acids is 1. The first-order valence-electron chi connectivity index (χ1n) is 14.9. The van der Waals surface area contributed by atoms with Gasteiger partial charge in [0.25, 0.3) is 0 Å². The molecule has 0 fully saturated rings. The summed E-state index contributed by atoms with van der Waals surface area (Å²) in [6.07, 6.45) is -2.45. The number of rotatable bonds is 9. The van der Waals surface area contributed by atoms with Gasteiger partial charge in [0.1, 0.15) is 12.1 Å². The van der Waals surface area contributed by atoms with E-state index in [2.05, 4.69) is 69.5 Å². The van der Waals surface area contributed by atoms with Crippen molar-refractivity contribution in [3.63, 3.8) is 0 Å². The SMILES string of the molecule is CCC(CNC(=O)/N=c1\scc(C)n1-c1cccc(C)c1C(C)C)c1ccc(-c2ncn(-c3ccc(OC(F)(F)F)cc3)n2)cc1. The Morgan fingerprint density at radius 2 is 1.76 bits per heavy atom. The van der Waals surface area contributed by atoms with Gasteiger partial charge >= 0.3 is 12.4 Å². The molecule has 0 saturated heterocycles. The van der Waals surface area contributed by atoms with Crippen LogP contribution in [0.5, 0.6) is 5.75 Å². The maximum absolute atomic E-state index is 13.0. The molecule has 46 heavy (non-hydrogen) atoms. The van der Waals surface area contributed by atoms with Crippen molar-refractivity contribution in [2.45, 2.75) is 59.2 Å². The van der Waals surface area contributed by atoms with E-state index in [9.17, 15) is 18.0 Å². The first-order valence-corrected chi connectivity index (χ1v) is 15.8. The van der Waals surface area contributed by atoms with Gasteiger partial charge in [0.2, 0.25) is 0 Å². The highest BCUT2D eigenvalue weighted by molar-refractivity contribution is 7.07. The molecule has 240 valence electrons. The first kappa shape index (κ1) is 32.7. The monoisotopic (exact) mass is 648 g/mol. The minimum absolute atomic E-state index is 0.0673. The number of nitrogens with one attached hydrogen (secondary N) is 1. The predicted molar refractivity (Wildman–Crippen MR) is 173 cm³/mol. The Morgan fingerprint density at radius 3 is 2.41 bits per heavy atom. The van der Waals surface area contributed by atoms with Crippen LogP contribution in [0.15, 0.2) is 83.4 Å². The van der Waals surface area contributed by atoms with Crippen LogP contribution in [0, 0.1) is 13.8 Å². The van der Waals surface area contributed by atoms with E-state index >= 15 is 0 Å². The molecule has 0 saturated carbocycles. The quantitative estimate of drug-likeness (QED) is 0.175. The molecule has 8 nitrogen and oxygen atoms in total. The van der Waals surface area contributed by atoms with Gasteiger partial charge in [-0.3, -0.25) is 4.57 Å². The van der Waals surface area contributed by atoms with Gasteiger partial charge in [-0.1, -0.05) is 57.2 Å². The van der Waals surface area contributed by atoms with Crippen molar-refractivity contribution < 1.29 is 22.7 Å². The lowest BCUT2D eigenvalue weighted by Crippen LogP contribution is -2.28. The van der Waals surface area contributed by atoms with Crippen LogP contribution < -0.4 is 14.9 Å².